The number of anilines is 1. The lowest BCUT2D eigenvalue weighted by atomic mass is 10.1. The highest BCUT2D eigenvalue weighted by Crippen LogP contribution is 2.39. The van der Waals surface area contributed by atoms with Crippen LogP contribution in [-0.4, -0.2) is 15.9 Å². The minimum absolute atomic E-state index is 0.0312. The van der Waals surface area contributed by atoms with E-state index in [9.17, 15) is 9.18 Å². The highest BCUT2D eigenvalue weighted by atomic mass is 79.9. The molecule has 1 heterocycles. The maximum atomic E-state index is 13.8. The van der Waals surface area contributed by atoms with Crippen LogP contribution >= 0.6 is 15.9 Å². The number of halogens is 2. The van der Waals surface area contributed by atoms with E-state index in [1.165, 1.54) is 6.07 Å². The number of benzene rings is 1. The molecule has 0 bridgehead atoms. The molecule has 1 aromatic carbocycles. The van der Waals surface area contributed by atoms with Gasteiger partial charge >= 0.3 is 0 Å². The van der Waals surface area contributed by atoms with E-state index in [4.69, 9.17) is 0 Å². The molecule has 0 atom stereocenters. The van der Waals surface area contributed by atoms with Crippen molar-refractivity contribution in [1.29, 1.82) is 0 Å². The highest BCUT2D eigenvalue weighted by molar-refractivity contribution is 9.10. The molecule has 2 aromatic rings. The summed E-state index contributed by atoms with van der Waals surface area (Å²) in [6.07, 6.45) is 4.02. The van der Waals surface area contributed by atoms with Crippen LogP contribution in [0.2, 0.25) is 0 Å². The van der Waals surface area contributed by atoms with Crippen LogP contribution < -0.4 is 5.32 Å². The molecule has 1 aliphatic carbocycles. The summed E-state index contributed by atoms with van der Waals surface area (Å²) >= 11 is 3.30. The van der Waals surface area contributed by atoms with Crippen LogP contribution in [0, 0.1) is 12.7 Å². The average Bonchev–Trinajstić information content (AvgIpc) is 3.16. The van der Waals surface area contributed by atoms with E-state index in [1.807, 2.05) is 0 Å². The number of hydrogen-bond donors (Lipinski definition) is 2. The third kappa shape index (κ3) is 2.47. The van der Waals surface area contributed by atoms with Crippen LogP contribution in [0.3, 0.4) is 0 Å². The van der Waals surface area contributed by atoms with Crippen molar-refractivity contribution in [2.75, 3.05) is 5.32 Å². The molecule has 3 rings (SSSR count). The Hall–Kier alpha value is -1.69. The maximum absolute atomic E-state index is 13.8. The Kier molecular flexibility index (Phi) is 3.33. The smallest absolute Gasteiger partial charge is 0.261 e. The van der Waals surface area contributed by atoms with Gasteiger partial charge in [-0.1, -0.05) is 15.9 Å². The van der Waals surface area contributed by atoms with Crippen molar-refractivity contribution >= 4 is 27.8 Å². The number of nitrogens with zero attached hydrogens (tertiary/aromatic N) is 1. The van der Waals surface area contributed by atoms with Gasteiger partial charge in [0.2, 0.25) is 5.95 Å². The topological polar surface area (TPSA) is 57.8 Å². The lowest BCUT2D eigenvalue weighted by Gasteiger charge is -2.08. The molecule has 1 amide bonds. The van der Waals surface area contributed by atoms with Crippen molar-refractivity contribution < 1.29 is 9.18 Å². The molecule has 0 saturated heterocycles. The molecule has 1 fully saturated rings. The molecule has 1 aliphatic rings. The van der Waals surface area contributed by atoms with Gasteiger partial charge in [0.05, 0.1) is 11.8 Å². The molecule has 1 aromatic heterocycles. The number of imidazole rings is 1. The molecule has 0 aliphatic heterocycles. The normalized spacial score (nSPS) is 14.3. The predicted molar refractivity (Wildman–Crippen MR) is 77.4 cm³/mol. The SMILES string of the molecule is Cc1c(Br)ccc(F)c1C(=O)Nc1ncc(C2CC2)[nH]1. The summed E-state index contributed by atoms with van der Waals surface area (Å²) in [7, 11) is 0. The van der Waals surface area contributed by atoms with Gasteiger partial charge in [-0.15, -0.1) is 0 Å². The summed E-state index contributed by atoms with van der Waals surface area (Å²) < 4.78 is 14.5. The molecule has 104 valence electrons. The van der Waals surface area contributed by atoms with Crippen molar-refractivity contribution in [2.45, 2.75) is 25.7 Å². The monoisotopic (exact) mass is 337 g/mol. The van der Waals surface area contributed by atoms with Crippen LogP contribution in [0.15, 0.2) is 22.8 Å². The van der Waals surface area contributed by atoms with Gasteiger partial charge in [-0.25, -0.2) is 9.37 Å². The minimum atomic E-state index is -0.544. The molecular weight excluding hydrogens is 325 g/mol. The first-order valence-corrected chi connectivity index (χ1v) is 7.16. The molecule has 1 saturated carbocycles. The molecule has 20 heavy (non-hydrogen) atoms. The van der Waals surface area contributed by atoms with Crippen molar-refractivity contribution in [3.8, 4) is 0 Å². The first-order valence-electron chi connectivity index (χ1n) is 6.37. The fraction of sp³-hybridized carbons (Fsp3) is 0.286. The number of carbonyl (C=O) groups excluding carboxylic acids is 1. The largest absolute Gasteiger partial charge is 0.328 e. The minimum Gasteiger partial charge on any atom is -0.328 e. The van der Waals surface area contributed by atoms with Gasteiger partial charge in [-0.2, -0.15) is 0 Å². The predicted octanol–water partition coefficient (Wildman–Crippen LogP) is 3.75. The van der Waals surface area contributed by atoms with Gasteiger partial charge in [0, 0.05) is 16.1 Å². The molecule has 4 nitrogen and oxygen atoms in total. The zero-order valence-electron chi connectivity index (χ0n) is 10.8. The van der Waals surface area contributed by atoms with Crippen LogP contribution in [0.1, 0.15) is 40.4 Å². The van der Waals surface area contributed by atoms with E-state index in [0.29, 0.717) is 21.9 Å². The van der Waals surface area contributed by atoms with Crippen molar-refractivity contribution in [3.63, 3.8) is 0 Å². The number of rotatable bonds is 3. The Morgan fingerprint density at radius 1 is 1.50 bits per heavy atom. The number of carbonyl (C=O) groups is 1. The number of hydrogen-bond acceptors (Lipinski definition) is 2. The van der Waals surface area contributed by atoms with E-state index >= 15 is 0 Å². The molecule has 6 heteroatoms. The molecule has 2 N–H and O–H groups in total. The summed E-state index contributed by atoms with van der Waals surface area (Å²) in [5.41, 5.74) is 1.62. The highest BCUT2D eigenvalue weighted by Gasteiger charge is 2.26. The lowest BCUT2D eigenvalue weighted by Crippen LogP contribution is -2.16. The summed E-state index contributed by atoms with van der Waals surface area (Å²) in [4.78, 5) is 19.3. The molecule has 0 radical (unpaired) electrons. The Labute approximate surface area is 123 Å². The number of H-pyrrole nitrogens is 1. The zero-order chi connectivity index (χ0) is 14.3. The van der Waals surface area contributed by atoms with Gasteiger partial charge in [0.1, 0.15) is 5.82 Å². The first kappa shape index (κ1) is 13.3. The van der Waals surface area contributed by atoms with Crippen molar-refractivity contribution in [3.05, 3.63) is 45.4 Å². The Bertz CT molecular complexity index is 679. The Balaban J connectivity index is 1.83. The zero-order valence-corrected chi connectivity index (χ0v) is 12.4. The summed E-state index contributed by atoms with van der Waals surface area (Å²) in [5.74, 6) is -0.164. The third-order valence-electron chi connectivity index (χ3n) is 3.42. The van der Waals surface area contributed by atoms with Gasteiger partial charge in [-0.3, -0.25) is 10.1 Å². The number of aromatic amines is 1. The number of aromatic nitrogens is 2. The maximum Gasteiger partial charge on any atom is 0.261 e. The molecular formula is C14H13BrFN3O. The number of nitrogens with one attached hydrogen (secondary N) is 2. The second kappa shape index (κ2) is 5.01. The van der Waals surface area contributed by atoms with Crippen LogP contribution in [-0.2, 0) is 0 Å². The van der Waals surface area contributed by atoms with Gasteiger partial charge in [0.25, 0.3) is 5.91 Å². The summed E-state index contributed by atoms with van der Waals surface area (Å²) in [5, 5.41) is 2.60. The van der Waals surface area contributed by atoms with E-state index in [-0.39, 0.29) is 5.56 Å². The molecule has 0 spiro atoms. The summed E-state index contributed by atoms with van der Waals surface area (Å²) in [6, 6.07) is 2.85. The standard InChI is InChI=1S/C14H13BrFN3O/c1-7-9(15)4-5-10(16)12(7)13(20)19-14-17-6-11(18-14)8-2-3-8/h4-6,8H,2-3H2,1H3,(H2,17,18,19,20). The fourth-order valence-corrected chi connectivity index (χ4v) is 2.43. The summed E-state index contributed by atoms with van der Waals surface area (Å²) in [6.45, 7) is 1.69. The first-order chi connectivity index (χ1) is 9.56. The van der Waals surface area contributed by atoms with Crippen LogP contribution in [0.25, 0.3) is 0 Å². The van der Waals surface area contributed by atoms with Gasteiger partial charge in [-0.05, 0) is 37.5 Å². The second-order valence-electron chi connectivity index (χ2n) is 4.94. The molecule has 0 unspecified atom stereocenters. The lowest BCUT2D eigenvalue weighted by molar-refractivity contribution is 0.102. The van der Waals surface area contributed by atoms with E-state index < -0.39 is 11.7 Å². The fourth-order valence-electron chi connectivity index (χ4n) is 2.10. The quantitative estimate of drug-likeness (QED) is 0.896. The average molecular weight is 338 g/mol. The number of amides is 1. The van der Waals surface area contributed by atoms with Crippen molar-refractivity contribution in [2.24, 2.45) is 0 Å². The third-order valence-corrected chi connectivity index (χ3v) is 4.28. The Morgan fingerprint density at radius 3 is 2.95 bits per heavy atom. The van der Waals surface area contributed by atoms with Crippen molar-refractivity contribution in [1.82, 2.24) is 9.97 Å². The van der Waals surface area contributed by atoms with E-state index in [1.54, 1.807) is 19.2 Å². The van der Waals surface area contributed by atoms with Crippen LogP contribution in [0.5, 0.6) is 0 Å². The van der Waals surface area contributed by atoms with Crippen LogP contribution in [0.4, 0.5) is 10.3 Å². The van der Waals surface area contributed by atoms with Gasteiger partial charge < -0.3 is 4.98 Å². The van der Waals surface area contributed by atoms with E-state index in [2.05, 4.69) is 31.2 Å². The Morgan fingerprint density at radius 2 is 2.25 bits per heavy atom. The van der Waals surface area contributed by atoms with Gasteiger partial charge in [0.15, 0.2) is 0 Å². The second-order valence-corrected chi connectivity index (χ2v) is 5.80. The van der Waals surface area contributed by atoms with E-state index in [0.717, 1.165) is 18.5 Å².